The van der Waals surface area contributed by atoms with E-state index < -0.39 is 180 Å². The van der Waals surface area contributed by atoms with E-state index >= 15 is 0 Å². The number of ether oxygens (including phenoxy) is 10. The van der Waals surface area contributed by atoms with Gasteiger partial charge in [-0.1, -0.05) is 0 Å². The first-order chi connectivity index (χ1) is 26.4. The minimum Gasteiger partial charge on any atom is -0.479 e. The SMILES string of the molecule is O=C(O)C(O)C(O)[C@@H](CO)O[C@@H]1OC[C@@H](O[C@H]2OC[C@@H](O[C@H]3OC[C@@H](O[C@H]4OC[C@@H](O[C@@H]5OC[C@@H](O)C(O)C5O)C(O)[C@H]4O)C(O)[C@H]3O)C(O)[C@H]2O)C(O)[C@H]1O. The van der Waals surface area contributed by atoms with Gasteiger partial charge in [0.15, 0.2) is 37.6 Å². The molecule has 26 heteroatoms. The molecule has 5 saturated heterocycles. The van der Waals surface area contributed by atoms with Gasteiger partial charge in [0.2, 0.25) is 0 Å². The van der Waals surface area contributed by atoms with Crippen molar-refractivity contribution in [2.24, 2.45) is 0 Å². The summed E-state index contributed by atoms with van der Waals surface area (Å²) in [7, 11) is 0. The standard InChI is InChI=1S/C30H50O26/c31-1-8(14(34)19(39)25(45)46)52-27-21(41)15(35)10(3-48-27)54-29-23(43)17(37)12(5-50-29)56-30-24(44)18(38)11(6-51-30)55-28-22(42)16(36)9(4-49-28)53-26-20(40)13(33)7(32)2-47-26/h7-24,26-44H,1-6H2,(H,45,46)/t7-,8-,9-,10-,11-,12-,13?,14?,15?,16?,17?,18?,19?,20?,21-,22-,23-,24-,26+,27+,28-,29-,30-/m1/s1. The van der Waals surface area contributed by atoms with Crippen molar-refractivity contribution in [1.29, 1.82) is 0 Å². The van der Waals surface area contributed by atoms with Crippen LogP contribution in [-0.2, 0) is 52.2 Å². The van der Waals surface area contributed by atoms with Gasteiger partial charge in [-0.15, -0.1) is 0 Å². The Balaban J connectivity index is 1.06. The third-order valence-electron chi connectivity index (χ3n) is 9.87. The molecule has 0 spiro atoms. The van der Waals surface area contributed by atoms with Gasteiger partial charge in [0.1, 0.15) is 104 Å². The zero-order valence-corrected chi connectivity index (χ0v) is 29.2. The molecule has 326 valence electrons. The van der Waals surface area contributed by atoms with Crippen LogP contribution in [0.15, 0.2) is 0 Å². The molecule has 5 aliphatic heterocycles. The molecule has 0 bridgehead atoms. The highest BCUT2D eigenvalue weighted by atomic mass is 16.8. The Labute approximate surface area is 316 Å². The van der Waals surface area contributed by atoms with E-state index in [4.69, 9.17) is 52.5 Å². The summed E-state index contributed by atoms with van der Waals surface area (Å²) in [6.45, 7) is -3.39. The molecule has 0 amide bonds. The number of rotatable bonds is 14. The average Bonchev–Trinajstić information content (AvgIpc) is 3.17. The van der Waals surface area contributed by atoms with Crippen LogP contribution in [-0.4, -0.2) is 264 Å². The summed E-state index contributed by atoms with van der Waals surface area (Å²) in [4.78, 5) is 10.9. The Morgan fingerprint density at radius 1 is 0.482 bits per heavy atom. The van der Waals surface area contributed by atoms with Gasteiger partial charge in [0.25, 0.3) is 0 Å². The lowest BCUT2D eigenvalue weighted by Gasteiger charge is -2.45. The molecule has 8 unspecified atom stereocenters. The van der Waals surface area contributed by atoms with Gasteiger partial charge in [-0.25, -0.2) is 4.79 Å². The molecule has 0 aromatic heterocycles. The van der Waals surface area contributed by atoms with Gasteiger partial charge in [-0.3, -0.25) is 0 Å². The molecule has 5 rings (SSSR count). The van der Waals surface area contributed by atoms with Crippen LogP contribution < -0.4 is 0 Å². The van der Waals surface area contributed by atoms with E-state index in [1.807, 2.05) is 0 Å². The maximum Gasteiger partial charge on any atom is 0.335 e. The zero-order valence-electron chi connectivity index (χ0n) is 29.2. The summed E-state index contributed by atoms with van der Waals surface area (Å²) in [6.07, 6.45) is -39.0. The smallest absolute Gasteiger partial charge is 0.335 e. The minimum absolute atomic E-state index is 0.377. The van der Waals surface area contributed by atoms with Crippen molar-refractivity contribution in [1.82, 2.24) is 0 Å². The molecule has 15 N–H and O–H groups in total. The van der Waals surface area contributed by atoms with E-state index in [-0.39, 0.29) is 6.61 Å². The molecule has 0 radical (unpaired) electrons. The summed E-state index contributed by atoms with van der Waals surface area (Å²) in [5.41, 5.74) is 0. The lowest BCUT2D eigenvalue weighted by atomic mass is 10.0. The maximum atomic E-state index is 10.9. The first kappa shape index (κ1) is 45.6. The molecule has 0 aromatic carbocycles. The highest BCUT2D eigenvalue weighted by Gasteiger charge is 2.51. The van der Waals surface area contributed by atoms with Gasteiger partial charge >= 0.3 is 5.97 Å². The Morgan fingerprint density at radius 3 is 1.12 bits per heavy atom. The van der Waals surface area contributed by atoms with E-state index in [9.17, 15) is 76.3 Å². The summed E-state index contributed by atoms with van der Waals surface area (Å²) < 4.78 is 53.9. The molecular formula is C30H50O26. The van der Waals surface area contributed by atoms with E-state index in [2.05, 4.69) is 0 Å². The van der Waals surface area contributed by atoms with Crippen molar-refractivity contribution in [2.75, 3.05) is 39.6 Å². The molecule has 0 aliphatic carbocycles. The second-order valence-electron chi connectivity index (χ2n) is 13.8. The van der Waals surface area contributed by atoms with Crippen LogP contribution in [0.4, 0.5) is 0 Å². The normalized spacial score (nSPS) is 48.2. The van der Waals surface area contributed by atoms with Crippen molar-refractivity contribution in [2.45, 2.75) is 141 Å². The summed E-state index contributed by atoms with van der Waals surface area (Å²) in [5.74, 6) is -1.82. The number of carbonyl (C=O) groups is 1. The molecule has 56 heavy (non-hydrogen) atoms. The zero-order chi connectivity index (χ0) is 41.2. The number of hydrogen-bond acceptors (Lipinski definition) is 25. The van der Waals surface area contributed by atoms with Crippen molar-refractivity contribution in [3.63, 3.8) is 0 Å². The highest BCUT2D eigenvalue weighted by Crippen LogP contribution is 2.30. The fourth-order valence-electron chi connectivity index (χ4n) is 6.37. The number of aliphatic hydroxyl groups is 14. The third-order valence-corrected chi connectivity index (χ3v) is 9.87. The molecule has 0 aromatic rings. The number of carboxylic acids is 1. The molecule has 0 saturated carbocycles. The highest BCUT2D eigenvalue weighted by molar-refractivity contribution is 5.72. The lowest BCUT2D eigenvalue weighted by molar-refractivity contribution is -0.363. The second kappa shape index (κ2) is 19.7. The fraction of sp³-hybridized carbons (Fsp3) is 0.967. The van der Waals surface area contributed by atoms with Crippen molar-refractivity contribution in [3.05, 3.63) is 0 Å². The molecule has 5 aliphatic rings. The summed E-state index contributed by atoms with van der Waals surface area (Å²) >= 11 is 0. The summed E-state index contributed by atoms with van der Waals surface area (Å²) in [6, 6.07) is 0. The fourth-order valence-corrected chi connectivity index (χ4v) is 6.37. The molecule has 5 fully saturated rings. The number of aliphatic carboxylic acids is 1. The van der Waals surface area contributed by atoms with Crippen LogP contribution in [0.2, 0.25) is 0 Å². The Kier molecular flexibility index (Phi) is 16.1. The van der Waals surface area contributed by atoms with Crippen molar-refractivity contribution in [3.8, 4) is 0 Å². The largest absolute Gasteiger partial charge is 0.479 e. The van der Waals surface area contributed by atoms with Crippen LogP contribution >= 0.6 is 0 Å². The summed E-state index contributed by atoms with van der Waals surface area (Å²) in [5, 5.41) is 153. The third kappa shape index (κ3) is 10.1. The average molecular weight is 827 g/mol. The lowest BCUT2D eigenvalue weighted by Crippen LogP contribution is -2.63. The Hall–Kier alpha value is -1.49. The quantitative estimate of drug-likeness (QED) is 0.0773. The van der Waals surface area contributed by atoms with E-state index in [0.717, 1.165) is 0 Å². The number of carboxylic acid groups (broad SMARTS) is 1. The minimum atomic E-state index is -2.36. The molecular weight excluding hydrogens is 776 g/mol. The van der Waals surface area contributed by atoms with Crippen LogP contribution in [0, 0.1) is 0 Å². The van der Waals surface area contributed by atoms with Gasteiger partial charge in [0, 0.05) is 0 Å². The monoisotopic (exact) mass is 826 g/mol. The second-order valence-corrected chi connectivity index (χ2v) is 13.8. The van der Waals surface area contributed by atoms with Crippen molar-refractivity contribution < 1.29 is 129 Å². The number of aliphatic hydroxyl groups excluding tert-OH is 14. The molecule has 5 heterocycles. The molecule has 26 nitrogen and oxygen atoms in total. The van der Waals surface area contributed by atoms with Gasteiger partial charge < -0.3 is 124 Å². The van der Waals surface area contributed by atoms with Crippen molar-refractivity contribution >= 4 is 5.97 Å². The van der Waals surface area contributed by atoms with Crippen LogP contribution in [0.3, 0.4) is 0 Å². The van der Waals surface area contributed by atoms with Gasteiger partial charge in [-0.2, -0.15) is 0 Å². The van der Waals surface area contributed by atoms with Crippen LogP contribution in [0.1, 0.15) is 0 Å². The van der Waals surface area contributed by atoms with E-state index in [1.165, 1.54) is 0 Å². The van der Waals surface area contributed by atoms with Crippen LogP contribution in [0.25, 0.3) is 0 Å². The predicted molar refractivity (Wildman–Crippen MR) is 166 cm³/mol. The Morgan fingerprint density at radius 2 is 0.786 bits per heavy atom. The molecule has 23 atom stereocenters. The van der Waals surface area contributed by atoms with E-state index in [1.54, 1.807) is 0 Å². The maximum absolute atomic E-state index is 10.9. The number of hydrogen-bond donors (Lipinski definition) is 15. The predicted octanol–water partition coefficient (Wildman–Crippen LogP) is -10.5. The first-order valence-corrected chi connectivity index (χ1v) is 17.5. The Bertz CT molecular complexity index is 1240. The topological polar surface area (TPSA) is 413 Å². The van der Waals surface area contributed by atoms with Gasteiger partial charge in [0.05, 0.1) is 39.6 Å². The first-order valence-electron chi connectivity index (χ1n) is 17.5. The van der Waals surface area contributed by atoms with Gasteiger partial charge in [-0.05, 0) is 0 Å². The van der Waals surface area contributed by atoms with E-state index in [0.29, 0.717) is 0 Å². The van der Waals surface area contributed by atoms with Crippen LogP contribution in [0.5, 0.6) is 0 Å².